The van der Waals surface area contributed by atoms with Crippen molar-refractivity contribution in [3.8, 4) is 11.5 Å². The van der Waals surface area contributed by atoms with Crippen LogP contribution >= 0.6 is 0 Å². The average molecular weight is 389 g/mol. The maximum Gasteiger partial charge on any atom is 0.223 e. The molecule has 3 heterocycles. The lowest BCUT2D eigenvalue weighted by molar-refractivity contribution is -0.127. The molecule has 0 spiro atoms. The summed E-state index contributed by atoms with van der Waals surface area (Å²) in [6.07, 6.45) is 5.10. The van der Waals surface area contributed by atoms with E-state index in [2.05, 4.69) is 16.3 Å². The molecule has 0 saturated carbocycles. The van der Waals surface area contributed by atoms with Crippen LogP contribution in [0.2, 0.25) is 0 Å². The third-order valence-electron chi connectivity index (χ3n) is 6.42. The maximum absolute atomic E-state index is 12.7. The summed E-state index contributed by atoms with van der Waals surface area (Å²) in [5.74, 6) is 2.31. The minimum absolute atomic E-state index is 0.146. The zero-order valence-electron chi connectivity index (χ0n) is 16.8. The van der Waals surface area contributed by atoms with Crippen molar-refractivity contribution in [3.63, 3.8) is 0 Å². The fourth-order valence-corrected chi connectivity index (χ4v) is 4.72. The van der Waals surface area contributed by atoms with Crippen LogP contribution in [-0.4, -0.2) is 63.4 Å². The molecule has 28 heavy (non-hydrogen) atoms. The number of hydrogen-bond donors (Lipinski definition) is 1. The highest BCUT2D eigenvalue weighted by Crippen LogP contribution is 2.35. The minimum atomic E-state index is 0.146. The summed E-state index contributed by atoms with van der Waals surface area (Å²) < 4.78 is 16.8. The largest absolute Gasteiger partial charge is 0.493 e. The summed E-state index contributed by atoms with van der Waals surface area (Å²) in [6.45, 7) is 5.11. The monoisotopic (exact) mass is 388 g/mol. The van der Waals surface area contributed by atoms with E-state index >= 15 is 0 Å². The fraction of sp³-hybridized carbons (Fsp3) is 0.682. The molecule has 0 aliphatic carbocycles. The first-order chi connectivity index (χ1) is 13.7. The smallest absolute Gasteiger partial charge is 0.223 e. The maximum atomic E-state index is 12.7. The van der Waals surface area contributed by atoms with Crippen LogP contribution in [0.25, 0.3) is 0 Å². The zero-order valence-corrected chi connectivity index (χ0v) is 16.8. The van der Waals surface area contributed by atoms with Crippen molar-refractivity contribution in [2.24, 2.45) is 11.8 Å². The van der Waals surface area contributed by atoms with Crippen molar-refractivity contribution >= 4 is 5.91 Å². The third-order valence-corrected chi connectivity index (χ3v) is 6.42. The SMILES string of the molecule is COc1cccc2c1OC[C@H](CNC(=O)C1CCN(C3CCOCC3)CC1)C2. The third kappa shape index (κ3) is 4.44. The van der Waals surface area contributed by atoms with Gasteiger partial charge in [0, 0.05) is 37.6 Å². The van der Waals surface area contributed by atoms with Crippen molar-refractivity contribution < 1.29 is 19.0 Å². The number of piperidine rings is 1. The van der Waals surface area contributed by atoms with Gasteiger partial charge in [-0.1, -0.05) is 12.1 Å². The van der Waals surface area contributed by atoms with Crippen LogP contribution in [0.15, 0.2) is 18.2 Å². The van der Waals surface area contributed by atoms with Gasteiger partial charge in [-0.05, 0) is 56.8 Å². The second kappa shape index (κ2) is 9.14. The molecule has 154 valence electrons. The number of hydrogen-bond acceptors (Lipinski definition) is 5. The molecule has 0 bridgehead atoms. The molecule has 1 amide bonds. The van der Waals surface area contributed by atoms with E-state index < -0.39 is 0 Å². The topological polar surface area (TPSA) is 60.0 Å². The molecular weight excluding hydrogens is 356 g/mol. The van der Waals surface area contributed by atoms with Gasteiger partial charge in [-0.2, -0.15) is 0 Å². The fourth-order valence-electron chi connectivity index (χ4n) is 4.72. The van der Waals surface area contributed by atoms with Crippen LogP contribution < -0.4 is 14.8 Å². The Bertz CT molecular complexity index is 667. The Labute approximate surface area is 167 Å². The molecule has 3 aliphatic heterocycles. The van der Waals surface area contributed by atoms with Crippen LogP contribution in [0.1, 0.15) is 31.2 Å². The van der Waals surface area contributed by atoms with Gasteiger partial charge in [0.15, 0.2) is 11.5 Å². The summed E-state index contributed by atoms with van der Waals surface area (Å²) >= 11 is 0. The normalized spacial score (nSPS) is 24.2. The molecule has 2 saturated heterocycles. The summed E-state index contributed by atoms with van der Waals surface area (Å²) in [7, 11) is 1.67. The van der Waals surface area contributed by atoms with E-state index in [0.717, 1.165) is 75.5 Å². The van der Waals surface area contributed by atoms with E-state index in [-0.39, 0.29) is 11.8 Å². The van der Waals surface area contributed by atoms with Gasteiger partial charge in [-0.25, -0.2) is 0 Å². The van der Waals surface area contributed by atoms with E-state index in [1.807, 2.05) is 12.1 Å². The molecular formula is C22H32N2O4. The highest BCUT2D eigenvalue weighted by Gasteiger charge is 2.30. The Morgan fingerprint density at radius 3 is 2.75 bits per heavy atom. The first kappa shape index (κ1) is 19.5. The first-order valence-electron chi connectivity index (χ1n) is 10.6. The molecule has 0 unspecified atom stereocenters. The number of benzene rings is 1. The molecule has 6 heteroatoms. The summed E-state index contributed by atoms with van der Waals surface area (Å²) in [5, 5.41) is 3.19. The number of carbonyl (C=O) groups is 1. The molecule has 0 radical (unpaired) electrons. The lowest BCUT2D eigenvalue weighted by atomic mass is 9.92. The predicted molar refractivity (Wildman–Crippen MR) is 107 cm³/mol. The minimum Gasteiger partial charge on any atom is -0.493 e. The van der Waals surface area contributed by atoms with Gasteiger partial charge in [0.25, 0.3) is 0 Å². The second-order valence-electron chi connectivity index (χ2n) is 8.23. The van der Waals surface area contributed by atoms with Gasteiger partial charge in [-0.15, -0.1) is 0 Å². The van der Waals surface area contributed by atoms with Crippen molar-refractivity contribution in [1.82, 2.24) is 10.2 Å². The summed E-state index contributed by atoms with van der Waals surface area (Å²) in [4.78, 5) is 15.2. The van der Waals surface area contributed by atoms with Crippen LogP contribution in [0, 0.1) is 11.8 Å². The molecule has 1 N–H and O–H groups in total. The molecule has 1 aromatic carbocycles. The van der Waals surface area contributed by atoms with Crippen LogP contribution in [0.5, 0.6) is 11.5 Å². The number of fused-ring (bicyclic) bond motifs is 1. The number of nitrogens with one attached hydrogen (secondary N) is 1. The predicted octanol–water partition coefficient (Wildman–Crippen LogP) is 2.25. The number of methoxy groups -OCH3 is 1. The van der Waals surface area contributed by atoms with Crippen molar-refractivity contribution in [1.29, 1.82) is 0 Å². The molecule has 6 nitrogen and oxygen atoms in total. The average Bonchev–Trinajstić information content (AvgIpc) is 2.77. The molecule has 2 fully saturated rings. The number of ether oxygens (including phenoxy) is 3. The molecule has 1 aromatic rings. The standard InChI is InChI=1S/C22H32N2O4/c1-26-20-4-2-3-18-13-16(15-28-21(18)20)14-23-22(25)17-5-9-24(10-6-17)19-7-11-27-12-8-19/h2-4,16-17,19H,5-15H2,1H3,(H,23,25)/t16-/m0/s1. The van der Waals surface area contributed by atoms with Gasteiger partial charge >= 0.3 is 0 Å². The Balaban J connectivity index is 1.22. The zero-order chi connectivity index (χ0) is 19.3. The number of nitrogens with zero attached hydrogens (tertiary/aromatic N) is 1. The van der Waals surface area contributed by atoms with Crippen LogP contribution in [0.3, 0.4) is 0 Å². The molecule has 0 aromatic heterocycles. The number of amides is 1. The number of carbonyl (C=O) groups excluding carboxylic acids is 1. The van der Waals surface area contributed by atoms with Gasteiger partial charge in [0.1, 0.15) is 0 Å². The Morgan fingerprint density at radius 1 is 1.21 bits per heavy atom. The lowest BCUT2D eigenvalue weighted by Crippen LogP contribution is -2.47. The van der Waals surface area contributed by atoms with Crippen LogP contribution in [-0.2, 0) is 16.0 Å². The lowest BCUT2D eigenvalue weighted by Gasteiger charge is -2.38. The Kier molecular flexibility index (Phi) is 6.37. The van der Waals surface area contributed by atoms with Crippen molar-refractivity contribution in [2.45, 2.75) is 38.1 Å². The summed E-state index contributed by atoms with van der Waals surface area (Å²) in [5.41, 5.74) is 1.16. The number of para-hydroxylation sites is 1. The molecule has 4 rings (SSSR count). The van der Waals surface area contributed by atoms with E-state index in [9.17, 15) is 4.79 Å². The van der Waals surface area contributed by atoms with E-state index in [4.69, 9.17) is 14.2 Å². The van der Waals surface area contributed by atoms with Gasteiger partial charge in [-0.3, -0.25) is 4.79 Å². The van der Waals surface area contributed by atoms with Crippen LogP contribution in [0.4, 0.5) is 0 Å². The van der Waals surface area contributed by atoms with E-state index in [0.29, 0.717) is 25.1 Å². The quantitative estimate of drug-likeness (QED) is 0.838. The Morgan fingerprint density at radius 2 is 2.00 bits per heavy atom. The Hall–Kier alpha value is -1.79. The highest BCUT2D eigenvalue weighted by molar-refractivity contribution is 5.78. The molecule has 3 aliphatic rings. The van der Waals surface area contributed by atoms with E-state index in [1.165, 1.54) is 0 Å². The van der Waals surface area contributed by atoms with Gasteiger partial charge < -0.3 is 24.4 Å². The number of likely N-dealkylation sites (tertiary alicyclic amines) is 1. The number of rotatable bonds is 5. The second-order valence-corrected chi connectivity index (χ2v) is 8.23. The van der Waals surface area contributed by atoms with Gasteiger partial charge in [0.2, 0.25) is 5.91 Å². The van der Waals surface area contributed by atoms with Crippen molar-refractivity contribution in [3.05, 3.63) is 23.8 Å². The van der Waals surface area contributed by atoms with E-state index in [1.54, 1.807) is 7.11 Å². The van der Waals surface area contributed by atoms with Crippen molar-refractivity contribution in [2.75, 3.05) is 46.6 Å². The van der Waals surface area contributed by atoms with Gasteiger partial charge in [0.05, 0.1) is 13.7 Å². The summed E-state index contributed by atoms with van der Waals surface area (Å²) in [6, 6.07) is 6.65. The molecule has 1 atom stereocenters. The highest BCUT2D eigenvalue weighted by atomic mass is 16.5. The first-order valence-corrected chi connectivity index (χ1v) is 10.6.